The van der Waals surface area contributed by atoms with Crippen molar-refractivity contribution in [2.24, 2.45) is 0 Å². The number of benzene rings is 1. The Labute approximate surface area is 139 Å². The average Bonchev–Trinajstić information content (AvgIpc) is 2.95. The molecular weight excluding hydrogens is 402 g/mol. The summed E-state index contributed by atoms with van der Waals surface area (Å²) in [6.07, 6.45) is 4.73. The molecule has 1 amide bonds. The van der Waals surface area contributed by atoms with Crippen molar-refractivity contribution in [3.8, 4) is 5.75 Å². The van der Waals surface area contributed by atoms with Gasteiger partial charge >= 0.3 is 0 Å². The zero-order valence-corrected chi connectivity index (χ0v) is 14.4. The molecule has 2 aromatic rings. The maximum atomic E-state index is 11.8. The molecule has 1 aromatic heterocycles. The van der Waals surface area contributed by atoms with Gasteiger partial charge in [-0.25, -0.2) is 0 Å². The van der Waals surface area contributed by atoms with Crippen LogP contribution >= 0.6 is 31.9 Å². The van der Waals surface area contributed by atoms with Crippen LogP contribution in [0, 0.1) is 0 Å². The van der Waals surface area contributed by atoms with E-state index in [0.29, 0.717) is 18.1 Å². The first kappa shape index (κ1) is 15.9. The average molecular weight is 415 g/mol. The lowest BCUT2D eigenvalue weighted by Gasteiger charge is -2.08. The fraction of sp³-hybridized carbons (Fsp3) is 0.133. The number of ether oxygens (including phenoxy) is 1. The second kappa shape index (κ2) is 7.47. The number of nitrogens with one attached hydrogen (secondary N) is 1. The van der Waals surface area contributed by atoms with Crippen LogP contribution < -0.4 is 10.1 Å². The van der Waals surface area contributed by atoms with Crippen LogP contribution in [0.15, 0.2) is 50.0 Å². The van der Waals surface area contributed by atoms with E-state index < -0.39 is 0 Å². The van der Waals surface area contributed by atoms with Crippen LogP contribution in [0.4, 0.5) is 0 Å². The molecule has 0 radical (unpaired) electrons. The fourth-order valence-electron chi connectivity index (χ4n) is 1.73. The van der Waals surface area contributed by atoms with E-state index >= 15 is 0 Å². The first-order valence-corrected chi connectivity index (χ1v) is 7.70. The van der Waals surface area contributed by atoms with E-state index in [2.05, 4.69) is 37.2 Å². The standard InChI is InChI=1S/C15H13Br2NO3/c1-20-15-10(7-11(16)8-13(15)17)4-5-14(19)18-9-12-3-2-6-21-12/h2-8H,9H2,1H3,(H,18,19). The van der Waals surface area contributed by atoms with Gasteiger partial charge in [-0.2, -0.15) is 0 Å². The molecular formula is C15H13Br2NO3. The molecule has 2 rings (SSSR count). The molecule has 0 unspecified atom stereocenters. The van der Waals surface area contributed by atoms with Crippen LogP contribution in [0.1, 0.15) is 11.3 Å². The Morgan fingerprint density at radius 2 is 2.24 bits per heavy atom. The number of carbonyl (C=O) groups excluding carboxylic acids is 1. The minimum absolute atomic E-state index is 0.204. The number of furan rings is 1. The number of hydrogen-bond acceptors (Lipinski definition) is 3. The van der Waals surface area contributed by atoms with Crippen molar-refractivity contribution in [3.05, 3.63) is 56.9 Å². The normalized spacial score (nSPS) is 10.8. The summed E-state index contributed by atoms with van der Waals surface area (Å²) < 4.78 is 12.2. The van der Waals surface area contributed by atoms with Crippen molar-refractivity contribution >= 4 is 43.8 Å². The molecule has 0 spiro atoms. The molecule has 0 aliphatic carbocycles. The second-order valence-electron chi connectivity index (χ2n) is 4.14. The third-order valence-corrected chi connectivity index (χ3v) is 3.72. The quantitative estimate of drug-likeness (QED) is 0.748. The number of hydrogen-bond donors (Lipinski definition) is 1. The van der Waals surface area contributed by atoms with Gasteiger partial charge in [-0.15, -0.1) is 0 Å². The SMILES string of the molecule is COc1c(Br)cc(Br)cc1C=CC(=O)NCc1ccco1. The third kappa shape index (κ3) is 4.47. The van der Waals surface area contributed by atoms with Gasteiger partial charge in [0.2, 0.25) is 5.91 Å². The number of amides is 1. The number of carbonyl (C=O) groups is 1. The van der Waals surface area contributed by atoms with Crippen molar-refractivity contribution in [1.29, 1.82) is 0 Å². The van der Waals surface area contributed by atoms with E-state index in [0.717, 1.165) is 14.5 Å². The summed E-state index contributed by atoms with van der Waals surface area (Å²) in [5.41, 5.74) is 0.798. The number of halogens is 2. The van der Waals surface area contributed by atoms with Crippen molar-refractivity contribution in [1.82, 2.24) is 5.32 Å². The summed E-state index contributed by atoms with van der Waals surface area (Å²) in [6.45, 7) is 0.357. The van der Waals surface area contributed by atoms with Crippen molar-refractivity contribution in [3.63, 3.8) is 0 Å². The molecule has 0 atom stereocenters. The van der Waals surface area contributed by atoms with Crippen LogP contribution in [0.2, 0.25) is 0 Å². The van der Waals surface area contributed by atoms with Gasteiger partial charge in [0.15, 0.2) is 0 Å². The molecule has 0 aliphatic rings. The zero-order chi connectivity index (χ0) is 15.2. The van der Waals surface area contributed by atoms with E-state index in [1.807, 2.05) is 12.1 Å². The summed E-state index contributed by atoms with van der Waals surface area (Å²) in [7, 11) is 1.59. The van der Waals surface area contributed by atoms with Gasteiger partial charge in [0, 0.05) is 16.1 Å². The highest BCUT2D eigenvalue weighted by Crippen LogP contribution is 2.33. The Balaban J connectivity index is 2.04. The summed E-state index contributed by atoms with van der Waals surface area (Å²) in [5, 5.41) is 2.74. The van der Waals surface area contributed by atoms with E-state index in [1.165, 1.54) is 6.08 Å². The molecule has 6 heteroatoms. The molecule has 0 saturated heterocycles. The summed E-state index contributed by atoms with van der Waals surface area (Å²) in [4.78, 5) is 11.8. The summed E-state index contributed by atoms with van der Waals surface area (Å²) >= 11 is 6.83. The Kier molecular flexibility index (Phi) is 5.64. The first-order valence-electron chi connectivity index (χ1n) is 6.11. The Bertz CT molecular complexity index is 651. The Morgan fingerprint density at radius 1 is 1.43 bits per heavy atom. The van der Waals surface area contributed by atoms with Crippen LogP contribution in [0.25, 0.3) is 6.08 Å². The molecule has 21 heavy (non-hydrogen) atoms. The van der Waals surface area contributed by atoms with Crippen LogP contribution in [0.3, 0.4) is 0 Å². The minimum atomic E-state index is -0.204. The van der Waals surface area contributed by atoms with E-state index in [1.54, 1.807) is 31.6 Å². The lowest BCUT2D eigenvalue weighted by Crippen LogP contribution is -2.19. The van der Waals surface area contributed by atoms with E-state index in [9.17, 15) is 4.79 Å². The Morgan fingerprint density at radius 3 is 2.90 bits per heavy atom. The zero-order valence-electron chi connectivity index (χ0n) is 11.2. The minimum Gasteiger partial charge on any atom is -0.495 e. The second-order valence-corrected chi connectivity index (χ2v) is 5.91. The molecule has 4 nitrogen and oxygen atoms in total. The Hall–Kier alpha value is -1.53. The molecule has 0 bridgehead atoms. The van der Waals surface area contributed by atoms with Crippen molar-refractivity contribution < 1.29 is 13.9 Å². The van der Waals surface area contributed by atoms with Gasteiger partial charge in [-0.3, -0.25) is 4.79 Å². The third-order valence-electron chi connectivity index (χ3n) is 2.67. The number of methoxy groups -OCH3 is 1. The smallest absolute Gasteiger partial charge is 0.244 e. The topological polar surface area (TPSA) is 51.5 Å². The van der Waals surface area contributed by atoms with E-state index in [-0.39, 0.29) is 5.91 Å². The molecule has 110 valence electrons. The predicted molar refractivity (Wildman–Crippen MR) is 88.0 cm³/mol. The fourth-order valence-corrected chi connectivity index (χ4v) is 3.15. The van der Waals surface area contributed by atoms with Gasteiger partial charge < -0.3 is 14.5 Å². The van der Waals surface area contributed by atoms with E-state index in [4.69, 9.17) is 9.15 Å². The predicted octanol–water partition coefficient (Wildman–Crippen LogP) is 4.14. The highest BCUT2D eigenvalue weighted by molar-refractivity contribution is 9.11. The number of rotatable bonds is 5. The lowest BCUT2D eigenvalue weighted by atomic mass is 10.2. The highest BCUT2D eigenvalue weighted by Gasteiger charge is 2.07. The molecule has 0 aliphatic heterocycles. The molecule has 1 aromatic carbocycles. The van der Waals surface area contributed by atoms with Crippen LogP contribution in [0.5, 0.6) is 5.75 Å². The lowest BCUT2D eigenvalue weighted by molar-refractivity contribution is -0.116. The van der Waals surface area contributed by atoms with Gasteiger partial charge in [-0.05, 0) is 46.3 Å². The molecule has 0 saturated carbocycles. The largest absolute Gasteiger partial charge is 0.495 e. The molecule has 1 heterocycles. The summed E-state index contributed by atoms with van der Waals surface area (Å²) in [6, 6.07) is 7.34. The monoisotopic (exact) mass is 413 g/mol. The van der Waals surface area contributed by atoms with Crippen LogP contribution in [-0.2, 0) is 11.3 Å². The van der Waals surface area contributed by atoms with Gasteiger partial charge in [0.1, 0.15) is 11.5 Å². The summed E-state index contributed by atoms with van der Waals surface area (Å²) in [5.74, 6) is 1.18. The maximum absolute atomic E-state index is 11.8. The highest BCUT2D eigenvalue weighted by atomic mass is 79.9. The van der Waals surface area contributed by atoms with Crippen LogP contribution in [-0.4, -0.2) is 13.0 Å². The molecule has 0 fully saturated rings. The van der Waals surface area contributed by atoms with Crippen molar-refractivity contribution in [2.75, 3.05) is 7.11 Å². The van der Waals surface area contributed by atoms with Gasteiger partial charge in [0.25, 0.3) is 0 Å². The maximum Gasteiger partial charge on any atom is 0.244 e. The van der Waals surface area contributed by atoms with Gasteiger partial charge in [-0.1, -0.05) is 15.9 Å². The molecule has 1 N–H and O–H groups in total. The van der Waals surface area contributed by atoms with Gasteiger partial charge in [0.05, 0.1) is 24.4 Å². The van der Waals surface area contributed by atoms with Crippen molar-refractivity contribution in [2.45, 2.75) is 6.54 Å². The first-order chi connectivity index (χ1) is 10.1.